The van der Waals surface area contributed by atoms with E-state index in [0.29, 0.717) is 25.1 Å². The molecule has 1 aliphatic rings. The highest BCUT2D eigenvalue weighted by Crippen LogP contribution is 2.45. The summed E-state index contributed by atoms with van der Waals surface area (Å²) >= 11 is 0. The Hall–Kier alpha value is -2.25. The highest BCUT2D eigenvalue weighted by molar-refractivity contribution is 5.86. The molecule has 1 rings (SSSR count). The fourth-order valence-corrected chi connectivity index (χ4v) is 3.94. The van der Waals surface area contributed by atoms with Crippen molar-refractivity contribution in [3.05, 3.63) is 12.2 Å². The molecule has 0 aromatic heterocycles. The number of hydrogen-bond acceptors (Lipinski definition) is 6. The number of esters is 1. The lowest BCUT2D eigenvalue weighted by atomic mass is 9.62. The third-order valence-electron chi connectivity index (χ3n) is 4.60. The van der Waals surface area contributed by atoms with Crippen LogP contribution < -0.4 is 10.6 Å². The lowest BCUT2D eigenvalue weighted by molar-refractivity contribution is -0.139. The lowest BCUT2D eigenvalue weighted by Gasteiger charge is -2.46. The van der Waals surface area contributed by atoms with E-state index in [4.69, 9.17) is 14.2 Å². The summed E-state index contributed by atoms with van der Waals surface area (Å²) in [6.45, 7) is 13.9. The van der Waals surface area contributed by atoms with Crippen molar-refractivity contribution in [2.24, 2.45) is 10.8 Å². The standard InChI is InChI=1S/C20H34N2O6/c1-7-26-17(24)21-13-20(6)11-15(10-19(4,5)12-20)22-18(25)28-9-8-27-16(23)14(2)3/h15H,2,7-13H2,1,3-6H3,(H,21,24)(H,22,25). The number of carbonyl (C=O) groups excluding carboxylic acids is 3. The molecule has 8 heteroatoms. The van der Waals surface area contributed by atoms with Crippen LogP contribution in [0.2, 0.25) is 0 Å². The first-order valence-corrected chi connectivity index (χ1v) is 9.63. The first-order valence-electron chi connectivity index (χ1n) is 9.63. The van der Waals surface area contributed by atoms with Crippen molar-refractivity contribution in [2.45, 2.75) is 59.9 Å². The molecular weight excluding hydrogens is 364 g/mol. The molecule has 0 saturated heterocycles. The van der Waals surface area contributed by atoms with Crippen LogP contribution in [0.1, 0.15) is 53.9 Å². The van der Waals surface area contributed by atoms with Crippen LogP contribution >= 0.6 is 0 Å². The van der Waals surface area contributed by atoms with E-state index in [1.165, 1.54) is 0 Å². The molecule has 0 bridgehead atoms. The predicted molar refractivity (Wildman–Crippen MR) is 105 cm³/mol. The van der Waals surface area contributed by atoms with Gasteiger partial charge in [0.2, 0.25) is 0 Å². The maximum atomic E-state index is 12.1. The van der Waals surface area contributed by atoms with Gasteiger partial charge in [-0.3, -0.25) is 0 Å². The number of nitrogens with one attached hydrogen (secondary N) is 2. The molecule has 2 atom stereocenters. The second kappa shape index (κ2) is 10.3. The number of ether oxygens (including phenoxy) is 3. The van der Waals surface area contributed by atoms with E-state index in [9.17, 15) is 14.4 Å². The second-order valence-electron chi connectivity index (χ2n) is 8.53. The second-order valence-corrected chi connectivity index (χ2v) is 8.53. The molecule has 0 spiro atoms. The Morgan fingerprint density at radius 3 is 2.29 bits per heavy atom. The predicted octanol–water partition coefficient (Wildman–Crippen LogP) is 3.16. The Morgan fingerprint density at radius 2 is 1.68 bits per heavy atom. The van der Waals surface area contributed by atoms with Gasteiger partial charge < -0.3 is 24.8 Å². The summed E-state index contributed by atoms with van der Waals surface area (Å²) in [5, 5.41) is 5.70. The van der Waals surface area contributed by atoms with Crippen LogP contribution in [0.3, 0.4) is 0 Å². The van der Waals surface area contributed by atoms with Crippen molar-refractivity contribution < 1.29 is 28.6 Å². The quantitative estimate of drug-likeness (QED) is 0.282. The summed E-state index contributed by atoms with van der Waals surface area (Å²) in [5.41, 5.74) is 0.117. The number of alkyl carbamates (subject to hydrolysis) is 2. The Bertz CT molecular complexity index is 589. The van der Waals surface area contributed by atoms with Gasteiger partial charge in [0.05, 0.1) is 6.61 Å². The molecule has 0 aromatic carbocycles. The van der Waals surface area contributed by atoms with Gasteiger partial charge in [0, 0.05) is 18.2 Å². The van der Waals surface area contributed by atoms with Gasteiger partial charge in [-0.1, -0.05) is 27.4 Å². The topological polar surface area (TPSA) is 103 Å². The molecule has 1 saturated carbocycles. The molecule has 0 heterocycles. The summed E-state index contributed by atoms with van der Waals surface area (Å²) in [6, 6.07) is -0.0804. The van der Waals surface area contributed by atoms with Crippen LogP contribution in [0.15, 0.2) is 12.2 Å². The van der Waals surface area contributed by atoms with Gasteiger partial charge in [-0.15, -0.1) is 0 Å². The third kappa shape index (κ3) is 8.63. The summed E-state index contributed by atoms with van der Waals surface area (Å²) < 4.78 is 14.9. The van der Waals surface area contributed by atoms with Crippen molar-refractivity contribution in [3.8, 4) is 0 Å². The molecule has 160 valence electrons. The lowest BCUT2D eigenvalue weighted by Crippen LogP contribution is -2.50. The third-order valence-corrected chi connectivity index (χ3v) is 4.60. The maximum Gasteiger partial charge on any atom is 0.407 e. The van der Waals surface area contributed by atoms with Crippen molar-refractivity contribution in [3.63, 3.8) is 0 Å². The van der Waals surface area contributed by atoms with E-state index in [2.05, 4.69) is 38.0 Å². The minimum atomic E-state index is -0.547. The molecular formula is C20H34N2O6. The maximum absolute atomic E-state index is 12.1. The summed E-state index contributed by atoms with van der Waals surface area (Å²) in [7, 11) is 0. The normalized spacial score (nSPS) is 23.2. The van der Waals surface area contributed by atoms with E-state index in [1.807, 2.05) is 0 Å². The van der Waals surface area contributed by atoms with Crippen molar-refractivity contribution in [1.82, 2.24) is 10.6 Å². The number of amides is 2. The van der Waals surface area contributed by atoms with Crippen LogP contribution in [0.25, 0.3) is 0 Å². The minimum absolute atomic E-state index is 0.00168. The largest absolute Gasteiger partial charge is 0.459 e. The zero-order valence-electron chi connectivity index (χ0n) is 17.7. The fourth-order valence-electron chi connectivity index (χ4n) is 3.94. The summed E-state index contributed by atoms with van der Waals surface area (Å²) in [6.07, 6.45) is 1.45. The van der Waals surface area contributed by atoms with Gasteiger partial charge in [-0.25, -0.2) is 14.4 Å². The van der Waals surface area contributed by atoms with Crippen LogP contribution in [0, 0.1) is 10.8 Å². The highest BCUT2D eigenvalue weighted by Gasteiger charge is 2.42. The Kier molecular flexibility index (Phi) is 8.78. The molecule has 0 radical (unpaired) electrons. The number of carbonyl (C=O) groups is 3. The SMILES string of the molecule is C=C(C)C(=O)OCCOC(=O)NC1CC(C)(C)CC(C)(CNC(=O)OCC)C1. The average molecular weight is 399 g/mol. The van der Waals surface area contributed by atoms with Gasteiger partial charge in [0.25, 0.3) is 0 Å². The smallest absolute Gasteiger partial charge is 0.407 e. The van der Waals surface area contributed by atoms with Gasteiger partial charge in [0.15, 0.2) is 0 Å². The zero-order valence-corrected chi connectivity index (χ0v) is 17.7. The number of rotatable bonds is 8. The van der Waals surface area contributed by atoms with E-state index in [1.54, 1.807) is 13.8 Å². The number of hydrogen-bond donors (Lipinski definition) is 2. The van der Waals surface area contributed by atoms with Crippen LogP contribution in [-0.4, -0.2) is 50.6 Å². The minimum Gasteiger partial charge on any atom is -0.459 e. The first kappa shape index (κ1) is 23.8. The van der Waals surface area contributed by atoms with Crippen LogP contribution in [0.5, 0.6) is 0 Å². The van der Waals surface area contributed by atoms with Gasteiger partial charge in [-0.2, -0.15) is 0 Å². The van der Waals surface area contributed by atoms with E-state index in [0.717, 1.165) is 12.8 Å². The summed E-state index contributed by atoms with van der Waals surface area (Å²) in [4.78, 5) is 35.0. The molecule has 1 aliphatic carbocycles. The van der Waals surface area contributed by atoms with Crippen molar-refractivity contribution in [2.75, 3.05) is 26.4 Å². The van der Waals surface area contributed by atoms with Gasteiger partial charge in [0.1, 0.15) is 13.2 Å². The van der Waals surface area contributed by atoms with Gasteiger partial charge >= 0.3 is 18.2 Å². The molecule has 0 aliphatic heterocycles. The molecule has 2 unspecified atom stereocenters. The Labute approximate surface area is 167 Å². The molecule has 2 amide bonds. The Balaban J connectivity index is 2.50. The molecule has 0 aromatic rings. The van der Waals surface area contributed by atoms with Crippen molar-refractivity contribution in [1.29, 1.82) is 0 Å². The fraction of sp³-hybridized carbons (Fsp3) is 0.750. The highest BCUT2D eigenvalue weighted by atomic mass is 16.6. The average Bonchev–Trinajstić information content (AvgIpc) is 2.55. The van der Waals surface area contributed by atoms with Crippen molar-refractivity contribution >= 4 is 18.2 Å². The van der Waals surface area contributed by atoms with Crippen LogP contribution in [-0.2, 0) is 19.0 Å². The molecule has 8 nitrogen and oxygen atoms in total. The van der Waals surface area contributed by atoms with Gasteiger partial charge in [-0.05, 0) is 43.9 Å². The first-order chi connectivity index (χ1) is 13.0. The van der Waals surface area contributed by atoms with Crippen LogP contribution in [0.4, 0.5) is 9.59 Å². The Morgan fingerprint density at radius 1 is 1.04 bits per heavy atom. The molecule has 1 fully saturated rings. The molecule has 2 N–H and O–H groups in total. The van der Waals surface area contributed by atoms with E-state index < -0.39 is 18.2 Å². The zero-order chi connectivity index (χ0) is 21.4. The summed E-state index contributed by atoms with van der Waals surface area (Å²) in [5.74, 6) is -0.511. The monoisotopic (exact) mass is 398 g/mol. The van der Waals surface area contributed by atoms with E-state index >= 15 is 0 Å². The van der Waals surface area contributed by atoms with E-state index in [-0.39, 0.29) is 30.1 Å². The molecule has 28 heavy (non-hydrogen) atoms.